The third-order valence-corrected chi connectivity index (χ3v) is 7.95. The van der Waals surface area contributed by atoms with Crippen LogP contribution in [0.1, 0.15) is 54.5 Å². The fourth-order valence-electron chi connectivity index (χ4n) is 6.26. The fraction of sp³-hybridized carbons (Fsp3) is 0.538. The molecule has 0 saturated heterocycles. The van der Waals surface area contributed by atoms with E-state index in [0.717, 1.165) is 49.6 Å². The lowest BCUT2D eigenvalue weighted by atomic mass is 9.78. The van der Waals surface area contributed by atoms with Crippen molar-refractivity contribution >= 4 is 5.91 Å². The van der Waals surface area contributed by atoms with E-state index in [1.807, 2.05) is 18.2 Å². The third kappa shape index (κ3) is 4.28. The molecule has 2 aliphatic carbocycles. The van der Waals surface area contributed by atoms with Crippen LogP contribution in [0, 0.1) is 11.3 Å². The molecule has 1 amide bonds. The number of carbonyl (C=O) groups excluding carboxylic acids is 1. The fourth-order valence-corrected chi connectivity index (χ4v) is 6.26. The number of fused-ring (bicyclic) bond motifs is 2. The number of ether oxygens (including phenoxy) is 1. The summed E-state index contributed by atoms with van der Waals surface area (Å²) in [4.78, 5) is 19.7. The summed E-state index contributed by atoms with van der Waals surface area (Å²) in [5.74, 6) is 1.26. The summed E-state index contributed by atoms with van der Waals surface area (Å²) in [6, 6.07) is 9.37. The van der Waals surface area contributed by atoms with Crippen LogP contribution in [-0.4, -0.2) is 35.5 Å². The Morgan fingerprint density at radius 3 is 2.97 bits per heavy atom. The second-order valence-electron chi connectivity index (χ2n) is 9.92. The number of carbonyl (C=O) groups is 1. The molecule has 34 heavy (non-hydrogen) atoms. The molecule has 3 atom stereocenters. The van der Waals surface area contributed by atoms with Crippen LogP contribution < -0.4 is 10.1 Å². The van der Waals surface area contributed by atoms with Crippen LogP contribution in [0.3, 0.4) is 0 Å². The Labute approximate surface area is 197 Å². The normalized spacial score (nSPS) is 26.3. The number of pyridine rings is 1. The highest BCUT2D eigenvalue weighted by Crippen LogP contribution is 2.55. The van der Waals surface area contributed by atoms with Crippen LogP contribution in [0.15, 0.2) is 36.5 Å². The number of nitrogens with zero attached hydrogens (tertiary/aromatic N) is 2. The Kier molecular flexibility index (Phi) is 6.04. The maximum absolute atomic E-state index is 13.8. The first-order chi connectivity index (χ1) is 16.3. The summed E-state index contributed by atoms with van der Waals surface area (Å²) < 4.78 is 44.8. The van der Waals surface area contributed by atoms with Gasteiger partial charge in [0.25, 0.3) is 0 Å². The van der Waals surface area contributed by atoms with Crippen molar-refractivity contribution in [1.29, 1.82) is 0 Å². The van der Waals surface area contributed by atoms with Gasteiger partial charge in [0.2, 0.25) is 5.91 Å². The van der Waals surface area contributed by atoms with Gasteiger partial charge >= 0.3 is 6.18 Å². The van der Waals surface area contributed by atoms with E-state index in [4.69, 9.17) is 4.74 Å². The van der Waals surface area contributed by atoms with E-state index < -0.39 is 17.2 Å². The Hall–Kier alpha value is -2.61. The van der Waals surface area contributed by atoms with Crippen LogP contribution in [0.25, 0.3) is 0 Å². The minimum Gasteiger partial charge on any atom is -0.497 e. The molecular weight excluding hydrogens is 443 g/mol. The van der Waals surface area contributed by atoms with Crippen molar-refractivity contribution in [3.63, 3.8) is 0 Å². The van der Waals surface area contributed by atoms with Crippen molar-refractivity contribution in [2.45, 2.75) is 63.8 Å². The molecule has 5 rings (SSSR count). The van der Waals surface area contributed by atoms with E-state index >= 15 is 0 Å². The molecular formula is C26H30F3N3O2. The zero-order chi connectivity index (χ0) is 23.9. The van der Waals surface area contributed by atoms with Gasteiger partial charge in [0.15, 0.2) is 0 Å². The Balaban J connectivity index is 1.28. The molecule has 3 unspecified atom stereocenters. The van der Waals surface area contributed by atoms with Gasteiger partial charge in [-0.25, -0.2) is 0 Å². The molecule has 3 aliphatic rings. The van der Waals surface area contributed by atoms with E-state index in [2.05, 4.69) is 16.4 Å². The first-order valence-electron chi connectivity index (χ1n) is 12.0. The molecule has 1 aromatic carbocycles. The molecule has 2 saturated carbocycles. The monoisotopic (exact) mass is 473 g/mol. The number of hydrogen-bond donors (Lipinski definition) is 1. The van der Waals surface area contributed by atoms with Crippen molar-refractivity contribution in [2.75, 3.05) is 13.7 Å². The quantitative estimate of drug-likeness (QED) is 0.682. The highest BCUT2D eigenvalue weighted by Gasteiger charge is 2.56. The van der Waals surface area contributed by atoms with E-state index in [9.17, 15) is 18.0 Å². The summed E-state index contributed by atoms with van der Waals surface area (Å²) in [5.41, 5.74) is 1.17. The van der Waals surface area contributed by atoms with E-state index in [-0.39, 0.29) is 18.5 Å². The zero-order valence-electron chi connectivity index (χ0n) is 19.3. The van der Waals surface area contributed by atoms with Gasteiger partial charge in [0, 0.05) is 44.0 Å². The van der Waals surface area contributed by atoms with Gasteiger partial charge in [-0.1, -0.05) is 18.6 Å². The number of rotatable bonds is 5. The predicted molar refractivity (Wildman–Crippen MR) is 121 cm³/mol. The van der Waals surface area contributed by atoms with Gasteiger partial charge in [-0.2, -0.15) is 13.2 Å². The van der Waals surface area contributed by atoms with Crippen LogP contribution in [0.4, 0.5) is 13.2 Å². The number of methoxy groups -OCH3 is 1. The van der Waals surface area contributed by atoms with Crippen LogP contribution in [0.2, 0.25) is 0 Å². The van der Waals surface area contributed by atoms with Gasteiger partial charge < -0.3 is 15.0 Å². The minimum absolute atomic E-state index is 0.115. The third-order valence-electron chi connectivity index (χ3n) is 7.95. The van der Waals surface area contributed by atoms with E-state index in [0.29, 0.717) is 36.7 Å². The molecule has 0 bridgehead atoms. The standard InChI is InChI=1S/C26H30F3N3O2/c1-34-22-6-2-4-17(10-22)14-30-21-12-19-5-3-8-25(19,13-21)24(33)32-9-7-23-18(16-32)11-20(15-31-23)26(27,28)29/h2,4,6,10-11,15,19,21,30H,3,5,7-9,12-14,16H2,1H3. The molecule has 0 spiro atoms. The highest BCUT2D eigenvalue weighted by atomic mass is 19.4. The molecule has 1 aliphatic heterocycles. The van der Waals surface area contributed by atoms with E-state index in [1.165, 1.54) is 6.07 Å². The summed E-state index contributed by atoms with van der Waals surface area (Å²) >= 11 is 0. The maximum Gasteiger partial charge on any atom is 0.417 e. The van der Waals surface area contributed by atoms with Crippen molar-refractivity contribution in [3.8, 4) is 5.75 Å². The molecule has 5 nitrogen and oxygen atoms in total. The van der Waals surface area contributed by atoms with Gasteiger partial charge in [0.1, 0.15) is 5.75 Å². The molecule has 1 aromatic heterocycles. The van der Waals surface area contributed by atoms with Crippen molar-refractivity contribution in [1.82, 2.24) is 15.2 Å². The van der Waals surface area contributed by atoms with Crippen molar-refractivity contribution in [2.24, 2.45) is 11.3 Å². The number of amides is 1. The molecule has 182 valence electrons. The molecule has 2 fully saturated rings. The van der Waals surface area contributed by atoms with Crippen LogP contribution in [-0.2, 0) is 30.5 Å². The van der Waals surface area contributed by atoms with Gasteiger partial charge in [-0.3, -0.25) is 9.78 Å². The van der Waals surface area contributed by atoms with Gasteiger partial charge in [-0.15, -0.1) is 0 Å². The number of nitrogens with one attached hydrogen (secondary N) is 1. The number of halogens is 3. The lowest BCUT2D eigenvalue weighted by Gasteiger charge is -2.37. The van der Waals surface area contributed by atoms with Crippen LogP contribution >= 0.6 is 0 Å². The topological polar surface area (TPSA) is 54.5 Å². The lowest BCUT2D eigenvalue weighted by molar-refractivity contribution is -0.144. The number of aromatic nitrogens is 1. The SMILES string of the molecule is COc1cccc(CNC2CC3CCCC3(C(=O)N3CCc4ncc(C(F)(F)F)cc4C3)C2)c1. The van der Waals surface area contributed by atoms with E-state index in [1.54, 1.807) is 12.0 Å². The smallest absolute Gasteiger partial charge is 0.417 e. The Bertz CT molecular complexity index is 1070. The summed E-state index contributed by atoms with van der Waals surface area (Å²) in [7, 11) is 1.65. The number of benzene rings is 1. The molecule has 1 N–H and O–H groups in total. The zero-order valence-corrected chi connectivity index (χ0v) is 19.3. The molecule has 2 heterocycles. The summed E-state index contributed by atoms with van der Waals surface area (Å²) in [6.45, 7) is 1.43. The van der Waals surface area contributed by atoms with Crippen molar-refractivity contribution in [3.05, 3.63) is 58.9 Å². The number of alkyl halides is 3. The van der Waals surface area contributed by atoms with Crippen molar-refractivity contribution < 1.29 is 22.7 Å². The maximum atomic E-state index is 13.8. The lowest BCUT2D eigenvalue weighted by Crippen LogP contribution is -2.46. The molecule has 0 radical (unpaired) electrons. The van der Waals surface area contributed by atoms with Gasteiger partial charge in [-0.05, 0) is 60.9 Å². The average molecular weight is 474 g/mol. The molecule has 2 aromatic rings. The Morgan fingerprint density at radius 2 is 2.18 bits per heavy atom. The van der Waals surface area contributed by atoms with Gasteiger partial charge in [0.05, 0.1) is 18.1 Å². The predicted octanol–water partition coefficient (Wildman–Crippen LogP) is 4.73. The highest BCUT2D eigenvalue weighted by molar-refractivity contribution is 5.84. The number of hydrogen-bond acceptors (Lipinski definition) is 4. The average Bonchev–Trinajstić information content (AvgIpc) is 3.39. The second kappa shape index (κ2) is 8.87. The summed E-state index contributed by atoms with van der Waals surface area (Å²) in [6.07, 6.45) is 1.63. The molecule has 8 heteroatoms. The first-order valence-corrected chi connectivity index (χ1v) is 12.0. The Morgan fingerprint density at radius 1 is 1.32 bits per heavy atom. The second-order valence-corrected chi connectivity index (χ2v) is 9.92. The van der Waals surface area contributed by atoms with Crippen LogP contribution in [0.5, 0.6) is 5.75 Å². The minimum atomic E-state index is -4.43. The summed E-state index contributed by atoms with van der Waals surface area (Å²) in [5, 5.41) is 3.64. The first kappa shape index (κ1) is 23.1. The largest absolute Gasteiger partial charge is 0.497 e.